The standard InChI is InChI=1S/C12H16F2N2O/c1-2-3-4-5-16-12(17)9-6-8(13)7-10(15)11(9)14/h6-7H,2-5,15H2,1H3,(H,16,17). The Bertz CT molecular complexity index is 408. The van der Waals surface area contributed by atoms with Crippen LogP contribution in [-0.2, 0) is 0 Å². The smallest absolute Gasteiger partial charge is 0.254 e. The third-order valence-corrected chi connectivity index (χ3v) is 2.38. The van der Waals surface area contributed by atoms with Crippen molar-refractivity contribution in [3.8, 4) is 0 Å². The second-order valence-electron chi connectivity index (χ2n) is 3.82. The molecule has 1 aromatic carbocycles. The van der Waals surface area contributed by atoms with Crippen LogP contribution in [0.5, 0.6) is 0 Å². The lowest BCUT2D eigenvalue weighted by atomic mass is 10.1. The predicted molar refractivity (Wildman–Crippen MR) is 62.6 cm³/mol. The molecule has 0 spiro atoms. The minimum atomic E-state index is -0.876. The Kier molecular flexibility index (Phi) is 4.87. The third-order valence-electron chi connectivity index (χ3n) is 2.38. The maximum atomic E-state index is 13.5. The first-order valence-electron chi connectivity index (χ1n) is 5.59. The summed E-state index contributed by atoms with van der Waals surface area (Å²) in [6, 6.07) is 1.70. The fourth-order valence-electron chi connectivity index (χ4n) is 1.45. The number of hydrogen-bond donors (Lipinski definition) is 2. The van der Waals surface area contributed by atoms with Crippen LogP contribution in [0.1, 0.15) is 36.5 Å². The van der Waals surface area contributed by atoms with E-state index in [-0.39, 0.29) is 11.3 Å². The molecule has 5 heteroatoms. The minimum Gasteiger partial charge on any atom is -0.396 e. The molecule has 1 rings (SSSR count). The average Bonchev–Trinajstić information content (AvgIpc) is 2.29. The monoisotopic (exact) mass is 242 g/mol. The highest BCUT2D eigenvalue weighted by Gasteiger charge is 2.15. The van der Waals surface area contributed by atoms with Crippen LogP contribution >= 0.6 is 0 Å². The summed E-state index contributed by atoms with van der Waals surface area (Å²) in [5, 5.41) is 2.53. The van der Waals surface area contributed by atoms with Gasteiger partial charge < -0.3 is 11.1 Å². The number of halogens is 2. The van der Waals surface area contributed by atoms with Crippen molar-refractivity contribution >= 4 is 11.6 Å². The fourth-order valence-corrected chi connectivity index (χ4v) is 1.45. The van der Waals surface area contributed by atoms with E-state index < -0.39 is 17.5 Å². The largest absolute Gasteiger partial charge is 0.396 e. The summed E-state index contributed by atoms with van der Waals surface area (Å²) in [5.41, 5.74) is 4.53. The van der Waals surface area contributed by atoms with E-state index in [1.54, 1.807) is 0 Å². The molecule has 3 nitrogen and oxygen atoms in total. The SMILES string of the molecule is CCCCCNC(=O)c1cc(F)cc(N)c1F. The number of nitrogens with one attached hydrogen (secondary N) is 1. The summed E-state index contributed by atoms with van der Waals surface area (Å²) in [6.07, 6.45) is 2.82. The predicted octanol–water partition coefficient (Wildman–Crippen LogP) is 2.47. The van der Waals surface area contributed by atoms with Gasteiger partial charge in [-0.2, -0.15) is 0 Å². The van der Waals surface area contributed by atoms with Gasteiger partial charge >= 0.3 is 0 Å². The molecule has 17 heavy (non-hydrogen) atoms. The van der Waals surface area contributed by atoms with Gasteiger partial charge in [-0.15, -0.1) is 0 Å². The highest BCUT2D eigenvalue weighted by Crippen LogP contribution is 2.17. The molecule has 0 aliphatic rings. The number of carbonyl (C=O) groups excluding carboxylic acids is 1. The van der Waals surface area contributed by atoms with E-state index in [1.165, 1.54) is 0 Å². The Hall–Kier alpha value is -1.65. The average molecular weight is 242 g/mol. The first-order chi connectivity index (χ1) is 8.06. The van der Waals surface area contributed by atoms with Gasteiger partial charge in [0.1, 0.15) is 5.82 Å². The number of nitrogen functional groups attached to an aromatic ring is 1. The maximum absolute atomic E-state index is 13.5. The molecule has 0 atom stereocenters. The van der Waals surface area contributed by atoms with E-state index in [9.17, 15) is 13.6 Å². The van der Waals surface area contributed by atoms with Crippen LogP contribution < -0.4 is 11.1 Å². The number of anilines is 1. The zero-order valence-corrected chi connectivity index (χ0v) is 9.72. The quantitative estimate of drug-likeness (QED) is 0.615. The summed E-state index contributed by atoms with van der Waals surface area (Å²) in [5.74, 6) is -2.23. The van der Waals surface area contributed by atoms with Crippen LogP contribution in [0.4, 0.5) is 14.5 Å². The molecule has 0 radical (unpaired) electrons. The first kappa shape index (κ1) is 13.4. The number of unbranched alkanes of at least 4 members (excludes halogenated alkanes) is 2. The highest BCUT2D eigenvalue weighted by molar-refractivity contribution is 5.95. The van der Waals surface area contributed by atoms with E-state index in [1.807, 2.05) is 6.92 Å². The Labute approximate surface area is 99.0 Å². The molecule has 0 saturated heterocycles. The molecule has 1 amide bonds. The van der Waals surface area contributed by atoms with Gasteiger partial charge in [0.15, 0.2) is 5.82 Å². The topological polar surface area (TPSA) is 55.1 Å². The van der Waals surface area contributed by atoms with Gasteiger partial charge in [0.2, 0.25) is 0 Å². The van der Waals surface area contributed by atoms with Gasteiger partial charge in [0.05, 0.1) is 11.3 Å². The van der Waals surface area contributed by atoms with E-state index in [0.717, 1.165) is 31.4 Å². The lowest BCUT2D eigenvalue weighted by Crippen LogP contribution is -2.25. The van der Waals surface area contributed by atoms with Crippen LogP contribution in [0.2, 0.25) is 0 Å². The van der Waals surface area contributed by atoms with Gasteiger partial charge in [-0.25, -0.2) is 8.78 Å². The van der Waals surface area contributed by atoms with Gasteiger partial charge in [-0.05, 0) is 18.6 Å². The molecule has 1 aromatic rings. The summed E-state index contributed by atoms with van der Waals surface area (Å²) < 4.78 is 26.4. The van der Waals surface area contributed by atoms with Crippen molar-refractivity contribution in [2.24, 2.45) is 0 Å². The molecule has 0 aliphatic carbocycles. The molecule has 0 bridgehead atoms. The van der Waals surface area contributed by atoms with Crippen LogP contribution in [0.3, 0.4) is 0 Å². The third kappa shape index (κ3) is 3.69. The van der Waals surface area contributed by atoms with Crippen LogP contribution in [-0.4, -0.2) is 12.5 Å². The summed E-state index contributed by atoms with van der Waals surface area (Å²) >= 11 is 0. The van der Waals surface area contributed by atoms with Gasteiger partial charge in [0, 0.05) is 6.54 Å². The van der Waals surface area contributed by atoms with E-state index in [2.05, 4.69) is 5.32 Å². The fraction of sp³-hybridized carbons (Fsp3) is 0.417. The molecule has 0 aliphatic heterocycles. The lowest BCUT2D eigenvalue weighted by Gasteiger charge is -2.07. The van der Waals surface area contributed by atoms with Crippen LogP contribution in [0, 0.1) is 11.6 Å². The molecule has 94 valence electrons. The lowest BCUT2D eigenvalue weighted by molar-refractivity contribution is 0.0948. The first-order valence-corrected chi connectivity index (χ1v) is 5.59. The van der Waals surface area contributed by atoms with Crippen molar-refractivity contribution in [1.29, 1.82) is 0 Å². The van der Waals surface area contributed by atoms with Crippen molar-refractivity contribution in [3.05, 3.63) is 29.3 Å². The molecule has 0 fully saturated rings. The van der Waals surface area contributed by atoms with Crippen molar-refractivity contribution in [2.45, 2.75) is 26.2 Å². The number of benzene rings is 1. The second-order valence-corrected chi connectivity index (χ2v) is 3.82. The van der Waals surface area contributed by atoms with Crippen LogP contribution in [0.25, 0.3) is 0 Å². The number of amides is 1. The molecular weight excluding hydrogens is 226 g/mol. The Balaban J connectivity index is 2.69. The summed E-state index contributed by atoms with van der Waals surface area (Å²) in [4.78, 5) is 11.6. The normalized spacial score (nSPS) is 10.3. The summed E-state index contributed by atoms with van der Waals surface area (Å²) in [6.45, 7) is 2.48. The molecule has 0 saturated carbocycles. The molecule has 0 heterocycles. The number of carbonyl (C=O) groups is 1. The van der Waals surface area contributed by atoms with Gasteiger partial charge in [-0.1, -0.05) is 19.8 Å². The highest BCUT2D eigenvalue weighted by atomic mass is 19.1. The zero-order valence-electron chi connectivity index (χ0n) is 9.72. The van der Waals surface area contributed by atoms with E-state index in [4.69, 9.17) is 5.73 Å². The Morgan fingerprint density at radius 1 is 1.35 bits per heavy atom. The zero-order chi connectivity index (χ0) is 12.8. The van der Waals surface area contributed by atoms with Crippen molar-refractivity contribution in [1.82, 2.24) is 5.32 Å². The molecule has 3 N–H and O–H groups in total. The Morgan fingerprint density at radius 2 is 2.06 bits per heavy atom. The van der Waals surface area contributed by atoms with Gasteiger partial charge in [0.25, 0.3) is 5.91 Å². The van der Waals surface area contributed by atoms with Crippen molar-refractivity contribution in [3.63, 3.8) is 0 Å². The summed E-state index contributed by atoms with van der Waals surface area (Å²) in [7, 11) is 0. The molecule has 0 aromatic heterocycles. The number of rotatable bonds is 5. The molecule has 0 unspecified atom stereocenters. The minimum absolute atomic E-state index is 0.348. The number of hydrogen-bond acceptors (Lipinski definition) is 2. The van der Waals surface area contributed by atoms with Gasteiger partial charge in [-0.3, -0.25) is 4.79 Å². The van der Waals surface area contributed by atoms with Crippen LogP contribution in [0.15, 0.2) is 12.1 Å². The second kappa shape index (κ2) is 6.18. The number of nitrogens with two attached hydrogens (primary N) is 1. The van der Waals surface area contributed by atoms with Crippen molar-refractivity contribution in [2.75, 3.05) is 12.3 Å². The molecular formula is C12H16F2N2O. The van der Waals surface area contributed by atoms with Crippen molar-refractivity contribution < 1.29 is 13.6 Å². The maximum Gasteiger partial charge on any atom is 0.254 e. The van der Waals surface area contributed by atoms with E-state index >= 15 is 0 Å². The Morgan fingerprint density at radius 3 is 2.71 bits per heavy atom. The van der Waals surface area contributed by atoms with E-state index in [0.29, 0.717) is 6.54 Å².